The van der Waals surface area contributed by atoms with Gasteiger partial charge < -0.3 is 0 Å². The molecule has 0 aliphatic heterocycles. The van der Waals surface area contributed by atoms with E-state index in [9.17, 15) is 0 Å². The molecule has 0 saturated heterocycles. The molecule has 2 heteroatoms. The fraction of sp³-hybridized carbons (Fsp3) is 1.00. The van der Waals surface area contributed by atoms with Crippen molar-refractivity contribution in [3.63, 3.8) is 0 Å². The van der Waals surface area contributed by atoms with Crippen molar-refractivity contribution in [3.05, 3.63) is 0 Å². The van der Waals surface area contributed by atoms with E-state index in [1.54, 1.807) is 0 Å². The van der Waals surface area contributed by atoms with Crippen LogP contribution >= 0.6 is 0 Å². The molecule has 0 unspecified atom stereocenters. The third-order valence-corrected chi connectivity index (χ3v) is 2.23. The second-order valence-electron chi connectivity index (χ2n) is 1.18. The third kappa shape index (κ3) is 4.65. The second-order valence-corrected chi connectivity index (χ2v) is 5.55. The van der Waals surface area contributed by atoms with Gasteiger partial charge in [-0.15, -0.1) is 0 Å². The van der Waals surface area contributed by atoms with E-state index in [1.165, 1.54) is 0 Å². The van der Waals surface area contributed by atoms with Crippen molar-refractivity contribution in [2.24, 2.45) is 4.29 Å². The second kappa shape index (κ2) is 2.86. The standard InChI is InChI=1S/C3H7.H2N.W/c1-3-2;;/h3H,1-2H3;1H2;/q;-1;+1. The van der Waals surface area contributed by atoms with Gasteiger partial charge in [-0.1, -0.05) is 0 Å². The maximum absolute atomic E-state index is 5.34. The van der Waals surface area contributed by atoms with Crippen molar-refractivity contribution in [3.8, 4) is 0 Å². The van der Waals surface area contributed by atoms with Crippen LogP contribution in [0.2, 0.25) is 4.31 Å². The minimum atomic E-state index is -0.343. The zero-order valence-corrected chi connectivity index (χ0v) is 6.50. The number of hydrogen-bond acceptors (Lipinski definition) is 1. The van der Waals surface area contributed by atoms with Gasteiger partial charge in [-0.25, -0.2) is 0 Å². The molecule has 0 fully saturated rings. The van der Waals surface area contributed by atoms with E-state index < -0.39 is 0 Å². The van der Waals surface area contributed by atoms with Gasteiger partial charge in [0.05, 0.1) is 0 Å². The van der Waals surface area contributed by atoms with Crippen molar-refractivity contribution in [2.45, 2.75) is 18.2 Å². The summed E-state index contributed by atoms with van der Waals surface area (Å²) in [6.45, 7) is 4.34. The van der Waals surface area contributed by atoms with Crippen LogP contribution < -0.4 is 4.29 Å². The Bertz CT molecular complexity index is 20.9. The summed E-state index contributed by atoms with van der Waals surface area (Å²) in [5.41, 5.74) is 0. The van der Waals surface area contributed by atoms with Gasteiger partial charge in [-0.05, 0) is 0 Å². The fourth-order valence-corrected chi connectivity index (χ4v) is 0. The summed E-state index contributed by atoms with van der Waals surface area (Å²) >= 11 is -0.343. The van der Waals surface area contributed by atoms with Gasteiger partial charge in [-0.2, -0.15) is 0 Å². The van der Waals surface area contributed by atoms with Gasteiger partial charge in [0.1, 0.15) is 0 Å². The number of nitrogens with two attached hydrogens (primary N) is 1. The molecule has 0 heterocycles. The van der Waals surface area contributed by atoms with Gasteiger partial charge in [0.2, 0.25) is 0 Å². The summed E-state index contributed by atoms with van der Waals surface area (Å²) in [6.07, 6.45) is 0. The van der Waals surface area contributed by atoms with E-state index in [0.29, 0.717) is 0 Å². The molecule has 0 radical (unpaired) electrons. The number of rotatable bonds is 1. The first-order chi connectivity index (χ1) is 2.27. The molecule has 5 heavy (non-hydrogen) atoms. The van der Waals surface area contributed by atoms with Crippen molar-refractivity contribution < 1.29 is 18.8 Å². The van der Waals surface area contributed by atoms with Gasteiger partial charge in [0.15, 0.2) is 0 Å². The Morgan fingerprint density at radius 2 is 1.80 bits per heavy atom. The molecule has 0 aromatic rings. The Hall–Kier alpha value is 0.648. The van der Waals surface area contributed by atoms with Gasteiger partial charge >= 0.3 is 41.3 Å². The van der Waals surface area contributed by atoms with E-state index in [1.807, 2.05) is 0 Å². The summed E-state index contributed by atoms with van der Waals surface area (Å²) in [7, 11) is 0. The molecular formula is C3H9NW. The first kappa shape index (κ1) is 5.65. The van der Waals surface area contributed by atoms with E-state index in [2.05, 4.69) is 13.8 Å². The van der Waals surface area contributed by atoms with Crippen LogP contribution in [-0.4, -0.2) is 0 Å². The van der Waals surface area contributed by atoms with Crippen molar-refractivity contribution in [1.29, 1.82) is 0 Å². The molecule has 0 aromatic heterocycles. The average Bonchev–Trinajstić information content (AvgIpc) is 1.38. The van der Waals surface area contributed by atoms with Crippen LogP contribution in [0.25, 0.3) is 0 Å². The molecule has 0 atom stereocenters. The maximum atomic E-state index is 5.34. The molecule has 0 spiro atoms. The van der Waals surface area contributed by atoms with E-state index in [0.717, 1.165) is 4.31 Å². The zero-order chi connectivity index (χ0) is 4.28. The first-order valence-electron chi connectivity index (χ1n) is 1.63. The van der Waals surface area contributed by atoms with Gasteiger partial charge in [0.25, 0.3) is 0 Å². The molecule has 1 nitrogen and oxygen atoms in total. The predicted octanol–water partition coefficient (Wildman–Crippen LogP) is 0.771. The summed E-state index contributed by atoms with van der Waals surface area (Å²) in [5, 5.41) is 0. The molecule has 0 amide bonds. The SMILES string of the molecule is C[CH](C)[W][NH2]. The van der Waals surface area contributed by atoms with Crippen LogP contribution in [0.15, 0.2) is 0 Å². The topological polar surface area (TPSA) is 26.0 Å². The summed E-state index contributed by atoms with van der Waals surface area (Å²) in [6, 6.07) is 0. The van der Waals surface area contributed by atoms with Crippen molar-refractivity contribution >= 4 is 0 Å². The first-order valence-corrected chi connectivity index (χ1v) is 5.01. The van der Waals surface area contributed by atoms with Crippen molar-refractivity contribution in [2.75, 3.05) is 0 Å². The minimum absolute atomic E-state index is 0.343. The molecule has 0 aliphatic carbocycles. The fourth-order valence-electron chi connectivity index (χ4n) is 0. The molecule has 0 aromatic carbocycles. The van der Waals surface area contributed by atoms with Crippen molar-refractivity contribution in [1.82, 2.24) is 0 Å². The molecule has 2 N–H and O–H groups in total. The molecular weight excluding hydrogens is 234 g/mol. The Labute approximate surface area is 41.8 Å². The summed E-state index contributed by atoms with van der Waals surface area (Å²) < 4.78 is 6.17. The third-order valence-electron chi connectivity index (χ3n) is 0.272. The van der Waals surface area contributed by atoms with E-state index >= 15 is 0 Å². The monoisotopic (exact) mass is 243 g/mol. The van der Waals surface area contributed by atoms with Crippen LogP contribution in [0.4, 0.5) is 0 Å². The number of hydrogen-bond donors (Lipinski definition) is 1. The van der Waals surface area contributed by atoms with Crippen LogP contribution in [0.3, 0.4) is 0 Å². The van der Waals surface area contributed by atoms with Crippen LogP contribution in [0, 0.1) is 0 Å². The average molecular weight is 243 g/mol. The predicted molar refractivity (Wildman–Crippen MR) is 19.3 cm³/mol. The quantitative estimate of drug-likeness (QED) is 0.723. The normalized spacial score (nSPS) is 9.60. The molecule has 0 bridgehead atoms. The Morgan fingerprint density at radius 3 is 1.80 bits per heavy atom. The Morgan fingerprint density at radius 1 is 1.60 bits per heavy atom. The van der Waals surface area contributed by atoms with Gasteiger partial charge in [0, 0.05) is 0 Å². The molecule has 0 rings (SSSR count). The summed E-state index contributed by atoms with van der Waals surface area (Å²) in [5.74, 6) is 0. The molecule has 0 saturated carbocycles. The van der Waals surface area contributed by atoms with Crippen LogP contribution in [-0.2, 0) is 18.8 Å². The van der Waals surface area contributed by atoms with Crippen LogP contribution in [0.5, 0.6) is 0 Å². The zero-order valence-electron chi connectivity index (χ0n) is 3.56. The van der Waals surface area contributed by atoms with E-state index in [4.69, 9.17) is 4.29 Å². The Balaban J connectivity index is 2.54. The molecule has 32 valence electrons. The summed E-state index contributed by atoms with van der Waals surface area (Å²) in [4.78, 5) is 0. The molecule has 0 aliphatic rings. The van der Waals surface area contributed by atoms with E-state index in [-0.39, 0.29) is 18.8 Å². The van der Waals surface area contributed by atoms with Gasteiger partial charge in [-0.3, -0.25) is 0 Å². The van der Waals surface area contributed by atoms with Crippen LogP contribution in [0.1, 0.15) is 13.8 Å². The Kier molecular flexibility index (Phi) is 3.23.